The van der Waals surface area contributed by atoms with Crippen molar-refractivity contribution in [2.75, 3.05) is 7.11 Å². The maximum absolute atomic E-state index is 12.3. The molecule has 194 valence electrons. The first-order chi connectivity index (χ1) is 18.1. The van der Waals surface area contributed by atoms with E-state index in [0.717, 1.165) is 16.7 Å². The molecule has 3 aromatic rings. The standard InChI is InChI=1S/C32H36O5/c1-4-28(21-30(33)34-3)31(36-23-26-17-11-7-12-18-26)32(37-24-27-19-13-8-14-20-27)29(5-2)35-22-25-15-9-6-10-16-25/h4-20,28-29,31-32H,1-2,21-24H2,3H3/t28-,29+,31-,32-/m1/s1. The van der Waals surface area contributed by atoms with E-state index in [1.807, 2.05) is 91.0 Å². The molecular weight excluding hydrogens is 464 g/mol. The van der Waals surface area contributed by atoms with Crippen LogP contribution in [0.5, 0.6) is 0 Å². The van der Waals surface area contributed by atoms with Crippen LogP contribution in [0.25, 0.3) is 0 Å². The highest BCUT2D eigenvalue weighted by atomic mass is 16.6. The fourth-order valence-corrected chi connectivity index (χ4v) is 4.05. The summed E-state index contributed by atoms with van der Waals surface area (Å²) < 4.78 is 24.3. The van der Waals surface area contributed by atoms with Crippen LogP contribution in [0.2, 0.25) is 0 Å². The molecule has 0 radical (unpaired) electrons. The minimum absolute atomic E-state index is 0.104. The van der Waals surface area contributed by atoms with Gasteiger partial charge in [0.2, 0.25) is 0 Å². The van der Waals surface area contributed by atoms with Gasteiger partial charge in [-0.2, -0.15) is 0 Å². The average molecular weight is 501 g/mol. The summed E-state index contributed by atoms with van der Waals surface area (Å²) >= 11 is 0. The van der Waals surface area contributed by atoms with Crippen LogP contribution < -0.4 is 0 Å². The molecule has 0 saturated heterocycles. The predicted molar refractivity (Wildman–Crippen MR) is 146 cm³/mol. The molecule has 0 aliphatic rings. The van der Waals surface area contributed by atoms with Gasteiger partial charge in [-0.3, -0.25) is 4.79 Å². The van der Waals surface area contributed by atoms with Gasteiger partial charge in [0.05, 0.1) is 39.5 Å². The lowest BCUT2D eigenvalue weighted by molar-refractivity contribution is -0.158. The van der Waals surface area contributed by atoms with Gasteiger partial charge in [-0.1, -0.05) is 103 Å². The predicted octanol–water partition coefficient (Wildman–Crippen LogP) is 6.29. The lowest BCUT2D eigenvalue weighted by Gasteiger charge is -2.35. The van der Waals surface area contributed by atoms with Gasteiger partial charge in [-0.05, 0) is 16.7 Å². The summed E-state index contributed by atoms with van der Waals surface area (Å²) in [5.74, 6) is -0.722. The zero-order valence-electron chi connectivity index (χ0n) is 21.4. The second kappa shape index (κ2) is 15.6. The first-order valence-electron chi connectivity index (χ1n) is 12.4. The number of rotatable bonds is 16. The van der Waals surface area contributed by atoms with Gasteiger partial charge in [0.15, 0.2) is 0 Å². The van der Waals surface area contributed by atoms with Gasteiger partial charge in [0.1, 0.15) is 12.2 Å². The van der Waals surface area contributed by atoms with Gasteiger partial charge in [0.25, 0.3) is 0 Å². The number of carbonyl (C=O) groups is 1. The van der Waals surface area contributed by atoms with Crippen LogP contribution in [0.15, 0.2) is 116 Å². The molecule has 0 unspecified atom stereocenters. The Morgan fingerprint density at radius 2 is 1.11 bits per heavy atom. The van der Waals surface area contributed by atoms with E-state index in [4.69, 9.17) is 18.9 Å². The Balaban J connectivity index is 1.90. The van der Waals surface area contributed by atoms with Gasteiger partial charge in [0, 0.05) is 5.92 Å². The monoisotopic (exact) mass is 500 g/mol. The number of benzene rings is 3. The molecular formula is C32H36O5. The van der Waals surface area contributed by atoms with Crippen molar-refractivity contribution in [3.05, 3.63) is 133 Å². The van der Waals surface area contributed by atoms with Crippen molar-refractivity contribution in [3.8, 4) is 0 Å². The molecule has 0 aromatic heterocycles. The highest BCUT2D eigenvalue weighted by Crippen LogP contribution is 2.27. The SMILES string of the molecule is C=C[C@H](CC(=O)OC)[C@@H](OCc1ccccc1)[C@H](OCc1ccccc1)[C@H](C=C)OCc1ccccc1. The van der Waals surface area contributed by atoms with Crippen molar-refractivity contribution in [2.24, 2.45) is 5.92 Å². The molecule has 0 heterocycles. The zero-order valence-corrected chi connectivity index (χ0v) is 21.4. The molecule has 0 aliphatic heterocycles. The van der Waals surface area contributed by atoms with Gasteiger partial charge < -0.3 is 18.9 Å². The molecule has 0 fully saturated rings. The quantitative estimate of drug-likeness (QED) is 0.171. The third kappa shape index (κ3) is 9.14. The highest BCUT2D eigenvalue weighted by Gasteiger charge is 2.36. The lowest BCUT2D eigenvalue weighted by atomic mass is 9.91. The molecule has 0 amide bonds. The number of esters is 1. The minimum atomic E-state index is -0.571. The van der Waals surface area contributed by atoms with Crippen LogP contribution in [0, 0.1) is 5.92 Å². The van der Waals surface area contributed by atoms with Crippen molar-refractivity contribution in [2.45, 2.75) is 44.6 Å². The summed E-state index contributed by atoms with van der Waals surface area (Å²) in [6.07, 6.45) is 1.92. The van der Waals surface area contributed by atoms with Crippen LogP contribution in [0.3, 0.4) is 0 Å². The third-order valence-corrected chi connectivity index (χ3v) is 6.09. The van der Waals surface area contributed by atoms with E-state index >= 15 is 0 Å². The van der Waals surface area contributed by atoms with Crippen molar-refractivity contribution < 1.29 is 23.7 Å². The number of methoxy groups -OCH3 is 1. The van der Waals surface area contributed by atoms with Crippen LogP contribution in [-0.4, -0.2) is 31.4 Å². The third-order valence-electron chi connectivity index (χ3n) is 6.09. The first kappa shape index (κ1) is 28.1. The molecule has 5 heteroatoms. The molecule has 0 aliphatic carbocycles. The van der Waals surface area contributed by atoms with Crippen LogP contribution in [0.1, 0.15) is 23.1 Å². The van der Waals surface area contributed by atoms with Crippen LogP contribution >= 0.6 is 0 Å². The highest BCUT2D eigenvalue weighted by molar-refractivity contribution is 5.69. The van der Waals surface area contributed by atoms with E-state index in [1.54, 1.807) is 12.2 Å². The summed E-state index contributed by atoms with van der Waals surface area (Å²) in [6.45, 7) is 9.09. The van der Waals surface area contributed by atoms with Crippen molar-refractivity contribution in [1.29, 1.82) is 0 Å². The molecule has 0 spiro atoms. The van der Waals surface area contributed by atoms with E-state index in [-0.39, 0.29) is 18.3 Å². The second-order valence-electron chi connectivity index (χ2n) is 8.70. The molecule has 0 saturated carbocycles. The summed E-state index contributed by atoms with van der Waals surface area (Å²) in [5, 5.41) is 0. The average Bonchev–Trinajstić information content (AvgIpc) is 2.96. The fourth-order valence-electron chi connectivity index (χ4n) is 4.05. The largest absolute Gasteiger partial charge is 0.469 e. The van der Waals surface area contributed by atoms with Gasteiger partial charge >= 0.3 is 5.97 Å². The molecule has 37 heavy (non-hydrogen) atoms. The maximum atomic E-state index is 12.3. The molecule has 4 atom stereocenters. The topological polar surface area (TPSA) is 54.0 Å². The summed E-state index contributed by atoms with van der Waals surface area (Å²) in [4.78, 5) is 12.3. The Bertz CT molecular complexity index is 1070. The summed E-state index contributed by atoms with van der Waals surface area (Å²) in [5.41, 5.74) is 3.06. The second-order valence-corrected chi connectivity index (χ2v) is 8.70. The molecule has 3 rings (SSSR count). The molecule has 5 nitrogen and oxygen atoms in total. The summed E-state index contributed by atoms with van der Waals surface area (Å²) in [6, 6.07) is 29.7. The Morgan fingerprint density at radius 1 is 0.676 bits per heavy atom. The van der Waals surface area contributed by atoms with Gasteiger partial charge in [-0.15, -0.1) is 13.2 Å². The van der Waals surface area contributed by atoms with E-state index in [2.05, 4.69) is 13.2 Å². The molecule has 3 aromatic carbocycles. The van der Waals surface area contributed by atoms with Crippen LogP contribution in [-0.2, 0) is 43.6 Å². The Morgan fingerprint density at radius 3 is 1.51 bits per heavy atom. The van der Waals surface area contributed by atoms with Crippen molar-refractivity contribution in [3.63, 3.8) is 0 Å². The van der Waals surface area contributed by atoms with Crippen molar-refractivity contribution >= 4 is 5.97 Å². The number of carbonyl (C=O) groups excluding carboxylic acids is 1. The van der Waals surface area contributed by atoms with E-state index in [1.165, 1.54) is 7.11 Å². The number of hydrogen-bond acceptors (Lipinski definition) is 5. The van der Waals surface area contributed by atoms with Crippen molar-refractivity contribution in [1.82, 2.24) is 0 Å². The fraction of sp³-hybridized carbons (Fsp3) is 0.281. The van der Waals surface area contributed by atoms with Gasteiger partial charge in [-0.25, -0.2) is 0 Å². The Kier molecular flexibility index (Phi) is 11.8. The zero-order chi connectivity index (χ0) is 26.3. The smallest absolute Gasteiger partial charge is 0.306 e. The molecule has 0 N–H and O–H groups in total. The minimum Gasteiger partial charge on any atom is -0.469 e. The maximum Gasteiger partial charge on any atom is 0.306 e. The first-order valence-corrected chi connectivity index (χ1v) is 12.4. The number of ether oxygens (including phenoxy) is 4. The molecule has 0 bridgehead atoms. The summed E-state index contributed by atoms with van der Waals surface area (Å²) in [7, 11) is 1.38. The van der Waals surface area contributed by atoms with E-state index in [0.29, 0.717) is 19.8 Å². The Labute approximate surface area is 220 Å². The normalized spacial score (nSPS) is 14.2. The lowest BCUT2D eigenvalue weighted by Crippen LogP contribution is -2.46. The van der Waals surface area contributed by atoms with E-state index < -0.39 is 18.3 Å². The Hall–Kier alpha value is -3.51. The van der Waals surface area contributed by atoms with Crippen LogP contribution in [0.4, 0.5) is 0 Å². The number of hydrogen-bond donors (Lipinski definition) is 0. The van der Waals surface area contributed by atoms with E-state index in [9.17, 15) is 4.79 Å².